The first kappa shape index (κ1) is 10.8. The quantitative estimate of drug-likeness (QED) is 0.756. The second-order valence-corrected chi connectivity index (χ2v) is 4.57. The van der Waals surface area contributed by atoms with Gasteiger partial charge in [0, 0.05) is 0 Å². The van der Waals surface area contributed by atoms with Crippen LogP contribution in [0.5, 0.6) is 0 Å². The van der Waals surface area contributed by atoms with E-state index in [0.717, 1.165) is 10.2 Å². The standard InChI is InChI=1S/C10H8N6OS/c17-9(5-16-6-11-14-15-16)13-10-12-7-3-1-2-4-8(7)18-10/h1-4,6H,5H2,(H,12,13,17). The van der Waals surface area contributed by atoms with Crippen LogP contribution in [0.3, 0.4) is 0 Å². The first-order valence-electron chi connectivity index (χ1n) is 5.17. The third kappa shape index (κ3) is 2.18. The molecule has 3 rings (SSSR count). The number of carbonyl (C=O) groups excluding carboxylic acids is 1. The predicted octanol–water partition coefficient (Wildman–Crippen LogP) is 0.921. The molecule has 2 aromatic heterocycles. The fraction of sp³-hybridized carbons (Fsp3) is 0.100. The molecule has 0 aliphatic rings. The molecule has 0 bridgehead atoms. The van der Waals surface area contributed by atoms with Crippen LogP contribution < -0.4 is 5.32 Å². The zero-order chi connectivity index (χ0) is 12.4. The van der Waals surface area contributed by atoms with Crippen molar-refractivity contribution in [2.75, 3.05) is 5.32 Å². The lowest BCUT2D eigenvalue weighted by Gasteiger charge is -1.99. The molecule has 0 spiro atoms. The molecule has 0 atom stereocenters. The maximum absolute atomic E-state index is 11.7. The summed E-state index contributed by atoms with van der Waals surface area (Å²) in [4.78, 5) is 16.0. The number of tetrazole rings is 1. The fourth-order valence-electron chi connectivity index (χ4n) is 1.48. The first-order chi connectivity index (χ1) is 8.81. The van der Waals surface area contributed by atoms with Crippen molar-refractivity contribution in [3.63, 3.8) is 0 Å². The van der Waals surface area contributed by atoms with Crippen LogP contribution in [0.4, 0.5) is 5.13 Å². The number of thiazole rings is 1. The van der Waals surface area contributed by atoms with E-state index >= 15 is 0 Å². The highest BCUT2D eigenvalue weighted by molar-refractivity contribution is 7.22. The van der Waals surface area contributed by atoms with E-state index in [-0.39, 0.29) is 12.5 Å². The van der Waals surface area contributed by atoms with E-state index < -0.39 is 0 Å². The Bertz CT molecular complexity index is 644. The van der Waals surface area contributed by atoms with E-state index in [9.17, 15) is 4.79 Å². The number of fused-ring (bicyclic) bond motifs is 1. The Kier molecular flexibility index (Phi) is 2.69. The molecule has 1 N–H and O–H groups in total. The van der Waals surface area contributed by atoms with Gasteiger partial charge in [-0.25, -0.2) is 9.67 Å². The largest absolute Gasteiger partial charge is 0.300 e. The Balaban J connectivity index is 1.74. The van der Waals surface area contributed by atoms with E-state index in [1.54, 1.807) is 0 Å². The monoisotopic (exact) mass is 260 g/mol. The summed E-state index contributed by atoms with van der Waals surface area (Å²) in [5, 5.41) is 13.8. The van der Waals surface area contributed by atoms with Gasteiger partial charge in [-0.3, -0.25) is 4.79 Å². The van der Waals surface area contributed by atoms with Gasteiger partial charge in [-0.05, 0) is 22.6 Å². The summed E-state index contributed by atoms with van der Waals surface area (Å²) in [6.07, 6.45) is 1.39. The summed E-state index contributed by atoms with van der Waals surface area (Å²) in [7, 11) is 0. The third-order valence-electron chi connectivity index (χ3n) is 2.24. The van der Waals surface area contributed by atoms with Crippen molar-refractivity contribution in [3.05, 3.63) is 30.6 Å². The maximum Gasteiger partial charge on any atom is 0.248 e. The van der Waals surface area contributed by atoms with Crippen LogP contribution in [0.2, 0.25) is 0 Å². The van der Waals surface area contributed by atoms with Gasteiger partial charge in [-0.2, -0.15) is 0 Å². The number of anilines is 1. The number of hydrogen-bond donors (Lipinski definition) is 1. The van der Waals surface area contributed by atoms with E-state index in [0.29, 0.717) is 5.13 Å². The molecule has 2 heterocycles. The highest BCUT2D eigenvalue weighted by Gasteiger charge is 2.08. The fourth-order valence-corrected chi connectivity index (χ4v) is 2.37. The maximum atomic E-state index is 11.7. The molecule has 8 heteroatoms. The zero-order valence-electron chi connectivity index (χ0n) is 9.15. The lowest BCUT2D eigenvalue weighted by Crippen LogP contribution is -2.19. The molecule has 0 saturated carbocycles. The highest BCUT2D eigenvalue weighted by Crippen LogP contribution is 2.25. The minimum Gasteiger partial charge on any atom is -0.300 e. The number of carbonyl (C=O) groups is 1. The van der Waals surface area contributed by atoms with Gasteiger partial charge < -0.3 is 5.32 Å². The normalized spacial score (nSPS) is 10.7. The number of hydrogen-bond acceptors (Lipinski definition) is 6. The van der Waals surface area contributed by atoms with Gasteiger partial charge in [0.1, 0.15) is 12.9 Å². The molecule has 0 fully saturated rings. The minimum atomic E-state index is -0.207. The second kappa shape index (κ2) is 4.49. The Morgan fingerprint density at radius 3 is 3.06 bits per heavy atom. The summed E-state index contributed by atoms with van der Waals surface area (Å²) < 4.78 is 2.39. The van der Waals surface area contributed by atoms with Crippen molar-refractivity contribution >= 4 is 32.6 Å². The second-order valence-electron chi connectivity index (χ2n) is 3.54. The molecule has 0 radical (unpaired) electrons. The molecule has 0 unspecified atom stereocenters. The average Bonchev–Trinajstić information content (AvgIpc) is 2.96. The summed E-state index contributed by atoms with van der Waals surface area (Å²) in [6.45, 7) is 0.0723. The third-order valence-corrected chi connectivity index (χ3v) is 3.19. The van der Waals surface area contributed by atoms with Crippen molar-refractivity contribution in [3.8, 4) is 0 Å². The van der Waals surface area contributed by atoms with Crippen molar-refractivity contribution in [1.82, 2.24) is 25.2 Å². The molecule has 0 aliphatic carbocycles. The smallest absolute Gasteiger partial charge is 0.248 e. The van der Waals surface area contributed by atoms with Crippen LogP contribution in [-0.4, -0.2) is 31.1 Å². The summed E-state index contributed by atoms with van der Waals surface area (Å²) >= 11 is 1.43. The molecule has 90 valence electrons. The average molecular weight is 260 g/mol. The summed E-state index contributed by atoms with van der Waals surface area (Å²) in [5.41, 5.74) is 0.875. The van der Waals surface area contributed by atoms with Crippen molar-refractivity contribution in [2.45, 2.75) is 6.54 Å². The topological polar surface area (TPSA) is 85.6 Å². The molecule has 0 saturated heterocycles. The van der Waals surface area contributed by atoms with Gasteiger partial charge in [0.25, 0.3) is 0 Å². The highest BCUT2D eigenvalue weighted by atomic mass is 32.1. The van der Waals surface area contributed by atoms with Gasteiger partial charge in [0.2, 0.25) is 5.91 Å². The van der Waals surface area contributed by atoms with Crippen molar-refractivity contribution in [1.29, 1.82) is 0 Å². The van der Waals surface area contributed by atoms with E-state index in [1.807, 2.05) is 24.3 Å². The molecule has 7 nitrogen and oxygen atoms in total. The van der Waals surface area contributed by atoms with Crippen LogP contribution in [0.1, 0.15) is 0 Å². The molecule has 0 aliphatic heterocycles. The molecule has 1 amide bonds. The van der Waals surface area contributed by atoms with Gasteiger partial charge >= 0.3 is 0 Å². The number of nitrogens with zero attached hydrogens (tertiary/aromatic N) is 5. The number of benzene rings is 1. The number of aromatic nitrogens is 5. The number of amides is 1. The van der Waals surface area contributed by atoms with Crippen LogP contribution in [0.25, 0.3) is 10.2 Å². The molecule has 18 heavy (non-hydrogen) atoms. The van der Waals surface area contributed by atoms with E-state index in [4.69, 9.17) is 0 Å². The lowest BCUT2D eigenvalue weighted by molar-refractivity contribution is -0.116. The summed E-state index contributed by atoms with van der Waals surface area (Å²) in [5.74, 6) is -0.207. The van der Waals surface area contributed by atoms with E-state index in [1.165, 1.54) is 22.3 Å². The van der Waals surface area contributed by atoms with Crippen LogP contribution in [-0.2, 0) is 11.3 Å². The van der Waals surface area contributed by atoms with Gasteiger partial charge in [0.15, 0.2) is 5.13 Å². The number of nitrogens with one attached hydrogen (secondary N) is 1. The Labute approximate surface area is 105 Å². The molecule has 3 aromatic rings. The predicted molar refractivity (Wildman–Crippen MR) is 66.1 cm³/mol. The van der Waals surface area contributed by atoms with Gasteiger partial charge in [0.05, 0.1) is 10.2 Å². The molecule has 1 aromatic carbocycles. The Morgan fingerprint density at radius 2 is 2.28 bits per heavy atom. The first-order valence-corrected chi connectivity index (χ1v) is 5.99. The number of rotatable bonds is 3. The molecular formula is C10H8N6OS. The number of para-hydroxylation sites is 1. The summed E-state index contributed by atoms with van der Waals surface area (Å²) in [6, 6.07) is 7.72. The van der Waals surface area contributed by atoms with Crippen molar-refractivity contribution < 1.29 is 4.79 Å². The van der Waals surface area contributed by atoms with E-state index in [2.05, 4.69) is 25.8 Å². The lowest BCUT2D eigenvalue weighted by atomic mass is 10.3. The Hall–Kier alpha value is -2.35. The van der Waals surface area contributed by atoms with Crippen LogP contribution in [0, 0.1) is 0 Å². The van der Waals surface area contributed by atoms with Gasteiger partial charge in [-0.15, -0.1) is 5.10 Å². The van der Waals surface area contributed by atoms with Crippen molar-refractivity contribution in [2.24, 2.45) is 0 Å². The van der Waals surface area contributed by atoms with Gasteiger partial charge in [-0.1, -0.05) is 23.5 Å². The Morgan fingerprint density at radius 1 is 1.39 bits per heavy atom. The van der Waals surface area contributed by atoms with Crippen LogP contribution >= 0.6 is 11.3 Å². The zero-order valence-corrected chi connectivity index (χ0v) is 9.96. The molecular weight excluding hydrogens is 252 g/mol. The SMILES string of the molecule is O=C(Cn1cnnn1)Nc1nc2ccccc2s1. The van der Waals surface area contributed by atoms with Crippen LogP contribution in [0.15, 0.2) is 30.6 Å². The minimum absolute atomic E-state index is 0.0723.